The highest BCUT2D eigenvalue weighted by molar-refractivity contribution is 5.89. The molecule has 0 bridgehead atoms. The number of carbonyl (C=O) groups excluding carboxylic acids is 1. The molecule has 0 saturated carbocycles. The fourth-order valence-corrected chi connectivity index (χ4v) is 2.93. The van der Waals surface area contributed by atoms with Gasteiger partial charge in [-0.3, -0.25) is 0 Å². The van der Waals surface area contributed by atoms with Crippen LogP contribution in [0.1, 0.15) is 11.1 Å². The minimum Gasteiger partial charge on any atom is -0.370 e. The van der Waals surface area contributed by atoms with E-state index in [2.05, 4.69) is 20.4 Å². The maximum Gasteiger partial charge on any atom is 0.330 e. The van der Waals surface area contributed by atoms with E-state index in [4.69, 9.17) is 0 Å². The Morgan fingerprint density at radius 1 is 1.13 bits per heavy atom. The Labute approximate surface area is 170 Å². The van der Waals surface area contributed by atoms with Crippen LogP contribution in [0.3, 0.4) is 0 Å². The summed E-state index contributed by atoms with van der Waals surface area (Å²) in [5.41, 5.74) is 3.02. The fraction of sp³-hybridized carbons (Fsp3) is 0.286. The molecule has 30 heavy (non-hydrogen) atoms. The van der Waals surface area contributed by atoms with Gasteiger partial charge in [-0.05, 0) is 35.7 Å². The molecule has 1 heterocycles. The highest BCUT2D eigenvalue weighted by Gasteiger charge is 2.40. The van der Waals surface area contributed by atoms with Gasteiger partial charge in [0.2, 0.25) is 0 Å². The molecule has 2 amide bonds. The fourth-order valence-electron chi connectivity index (χ4n) is 2.93. The first-order valence-electron chi connectivity index (χ1n) is 9.27. The number of nitrogens with one attached hydrogen (secondary N) is 3. The number of aromatic amines is 1. The first kappa shape index (κ1) is 21.6. The van der Waals surface area contributed by atoms with Crippen molar-refractivity contribution in [1.29, 1.82) is 0 Å². The lowest BCUT2D eigenvalue weighted by atomic mass is 10.1. The number of ether oxygens (including phenoxy) is 1. The molecule has 0 unspecified atom stereocenters. The summed E-state index contributed by atoms with van der Waals surface area (Å²) in [6.45, 7) is -1.24. The number of para-hydroxylation sites is 1. The van der Waals surface area contributed by atoms with Crippen LogP contribution in [-0.2, 0) is 17.8 Å². The number of aromatic nitrogens is 1. The van der Waals surface area contributed by atoms with Gasteiger partial charge in [-0.15, -0.1) is 0 Å². The first-order valence-corrected chi connectivity index (χ1v) is 9.27. The van der Waals surface area contributed by atoms with Gasteiger partial charge in [0.1, 0.15) is 6.61 Å². The molecule has 3 aromatic rings. The van der Waals surface area contributed by atoms with E-state index in [0.717, 1.165) is 16.5 Å². The second-order valence-electron chi connectivity index (χ2n) is 6.75. The quantitative estimate of drug-likeness (QED) is 0.427. The van der Waals surface area contributed by atoms with E-state index >= 15 is 0 Å². The van der Waals surface area contributed by atoms with Gasteiger partial charge in [0, 0.05) is 29.3 Å². The maximum absolute atomic E-state index is 12.9. The zero-order valence-corrected chi connectivity index (χ0v) is 15.9. The van der Waals surface area contributed by atoms with Crippen LogP contribution in [0.2, 0.25) is 0 Å². The normalized spacial score (nSPS) is 11.8. The number of fused-ring (bicyclic) bond motifs is 1. The number of hydrogen-bond acceptors (Lipinski definition) is 2. The average molecular weight is 423 g/mol. The summed E-state index contributed by atoms with van der Waals surface area (Å²) in [6.07, 6.45) is -1.23. The molecule has 0 aliphatic rings. The predicted molar refractivity (Wildman–Crippen MR) is 106 cm³/mol. The van der Waals surface area contributed by atoms with Crippen LogP contribution in [0.5, 0.6) is 0 Å². The molecule has 0 radical (unpaired) electrons. The Bertz CT molecular complexity index is 991. The van der Waals surface area contributed by atoms with Crippen molar-refractivity contribution < 1.29 is 27.1 Å². The number of halogens is 4. The summed E-state index contributed by atoms with van der Waals surface area (Å²) in [7, 11) is 0. The van der Waals surface area contributed by atoms with Gasteiger partial charge < -0.3 is 20.4 Å². The van der Waals surface area contributed by atoms with Crippen LogP contribution in [0.4, 0.5) is 28.0 Å². The summed E-state index contributed by atoms with van der Waals surface area (Å²) in [5.74, 6) is -4.19. The number of benzene rings is 2. The Morgan fingerprint density at radius 2 is 1.93 bits per heavy atom. The van der Waals surface area contributed by atoms with Gasteiger partial charge in [0.15, 0.2) is 0 Å². The number of anilines is 1. The number of amides is 2. The van der Waals surface area contributed by atoms with E-state index in [-0.39, 0.29) is 6.61 Å². The molecule has 0 aliphatic carbocycles. The summed E-state index contributed by atoms with van der Waals surface area (Å²) in [5, 5.41) is 6.50. The van der Waals surface area contributed by atoms with Gasteiger partial charge in [-0.1, -0.05) is 30.3 Å². The molecular weight excluding hydrogens is 402 g/mol. The molecule has 9 heteroatoms. The standard InChI is InChI=1S/C21H21F4N3O2/c22-19(23)21(24,25)13-30-12-14-4-3-5-16(10-14)28-20(29)26-9-8-15-11-27-18-7-2-1-6-17(15)18/h1-7,10-11,19,27H,8-9,12-13H2,(H2,26,28,29). The van der Waals surface area contributed by atoms with Crippen LogP contribution in [-0.4, -0.2) is 36.5 Å². The Hall–Kier alpha value is -3.07. The van der Waals surface area contributed by atoms with Crippen LogP contribution in [0.15, 0.2) is 54.7 Å². The van der Waals surface area contributed by atoms with Crippen molar-refractivity contribution in [2.75, 3.05) is 18.5 Å². The third-order valence-corrected chi connectivity index (χ3v) is 4.42. The molecule has 0 fully saturated rings. The zero-order valence-electron chi connectivity index (χ0n) is 15.9. The molecule has 0 aliphatic heterocycles. The van der Waals surface area contributed by atoms with Crippen LogP contribution >= 0.6 is 0 Å². The average Bonchev–Trinajstić information content (AvgIpc) is 3.11. The van der Waals surface area contributed by atoms with E-state index in [9.17, 15) is 22.4 Å². The number of hydrogen-bond donors (Lipinski definition) is 3. The smallest absolute Gasteiger partial charge is 0.330 e. The van der Waals surface area contributed by atoms with Crippen molar-refractivity contribution in [3.63, 3.8) is 0 Å². The molecule has 2 aromatic carbocycles. The van der Waals surface area contributed by atoms with Crippen molar-refractivity contribution in [1.82, 2.24) is 10.3 Å². The number of H-pyrrole nitrogens is 1. The van der Waals surface area contributed by atoms with E-state index in [0.29, 0.717) is 24.2 Å². The molecule has 1 aromatic heterocycles. The van der Waals surface area contributed by atoms with E-state index in [1.807, 2.05) is 30.5 Å². The lowest BCUT2D eigenvalue weighted by molar-refractivity contribution is -0.168. The van der Waals surface area contributed by atoms with Gasteiger partial charge in [0.25, 0.3) is 0 Å². The Morgan fingerprint density at radius 3 is 2.73 bits per heavy atom. The number of rotatable bonds is 9. The predicted octanol–water partition coefficient (Wildman–Crippen LogP) is 4.95. The molecule has 160 valence electrons. The minimum absolute atomic E-state index is 0.278. The Balaban J connectivity index is 1.45. The van der Waals surface area contributed by atoms with E-state index in [1.165, 1.54) is 6.07 Å². The van der Waals surface area contributed by atoms with Gasteiger partial charge in [-0.2, -0.15) is 8.78 Å². The third kappa shape index (κ3) is 5.73. The largest absolute Gasteiger partial charge is 0.370 e. The zero-order chi connectivity index (χ0) is 21.6. The van der Waals surface area contributed by atoms with Crippen molar-refractivity contribution in [2.24, 2.45) is 0 Å². The summed E-state index contributed by atoms with van der Waals surface area (Å²) in [4.78, 5) is 15.3. The lowest BCUT2D eigenvalue weighted by Gasteiger charge is -2.15. The number of urea groups is 1. The van der Waals surface area contributed by atoms with Crippen molar-refractivity contribution in [3.05, 3.63) is 65.9 Å². The van der Waals surface area contributed by atoms with Crippen molar-refractivity contribution in [2.45, 2.75) is 25.4 Å². The maximum atomic E-state index is 12.9. The van der Waals surface area contributed by atoms with Crippen LogP contribution in [0, 0.1) is 0 Å². The molecule has 5 nitrogen and oxygen atoms in total. The van der Waals surface area contributed by atoms with Crippen LogP contribution < -0.4 is 10.6 Å². The molecular formula is C21H21F4N3O2. The minimum atomic E-state index is -4.19. The molecule has 3 N–H and O–H groups in total. The highest BCUT2D eigenvalue weighted by Crippen LogP contribution is 2.23. The van der Waals surface area contributed by atoms with Crippen molar-refractivity contribution in [3.8, 4) is 0 Å². The van der Waals surface area contributed by atoms with Gasteiger partial charge >= 0.3 is 18.4 Å². The monoisotopic (exact) mass is 423 g/mol. The second kappa shape index (κ2) is 9.62. The molecule has 0 atom stereocenters. The molecule has 0 spiro atoms. The SMILES string of the molecule is O=C(NCCc1c[nH]c2ccccc12)Nc1cccc(COCC(F)(F)C(F)F)c1. The first-order chi connectivity index (χ1) is 14.3. The van der Waals surface area contributed by atoms with Gasteiger partial charge in [-0.25, -0.2) is 13.6 Å². The number of carbonyl (C=O) groups is 1. The van der Waals surface area contributed by atoms with E-state index < -0.39 is 25.0 Å². The third-order valence-electron chi connectivity index (χ3n) is 4.42. The van der Waals surface area contributed by atoms with Gasteiger partial charge in [0.05, 0.1) is 6.61 Å². The summed E-state index contributed by atoms with van der Waals surface area (Å²) >= 11 is 0. The summed E-state index contributed by atoms with van der Waals surface area (Å²) < 4.78 is 54.7. The van der Waals surface area contributed by atoms with Crippen LogP contribution in [0.25, 0.3) is 10.9 Å². The molecule has 0 saturated heterocycles. The highest BCUT2D eigenvalue weighted by atomic mass is 19.3. The molecule has 3 rings (SSSR count). The summed E-state index contributed by atoms with van der Waals surface area (Å²) in [6, 6.07) is 13.8. The lowest BCUT2D eigenvalue weighted by Crippen LogP contribution is -2.32. The Kier molecular flexibility index (Phi) is 6.94. The second-order valence-corrected chi connectivity index (χ2v) is 6.75. The number of alkyl halides is 4. The van der Waals surface area contributed by atoms with Crippen molar-refractivity contribution >= 4 is 22.6 Å². The topological polar surface area (TPSA) is 66.2 Å². The van der Waals surface area contributed by atoms with E-state index in [1.54, 1.807) is 18.2 Å².